The van der Waals surface area contributed by atoms with Crippen LogP contribution in [0.2, 0.25) is 0 Å². The van der Waals surface area contributed by atoms with E-state index >= 15 is 0 Å². The first kappa shape index (κ1) is 18.5. The molecule has 1 aromatic carbocycles. The summed E-state index contributed by atoms with van der Waals surface area (Å²) >= 11 is 3.39. The number of nitrogens with one attached hydrogen (secondary N) is 1. The second kappa shape index (κ2) is 6.15. The van der Waals surface area contributed by atoms with Crippen LogP contribution in [0, 0.1) is 0 Å². The number of anilines is 1. The van der Waals surface area contributed by atoms with Gasteiger partial charge in [0.25, 0.3) is 5.91 Å². The number of rotatable bonds is 1. The molecule has 0 radical (unpaired) electrons. The van der Waals surface area contributed by atoms with Crippen molar-refractivity contribution in [1.82, 2.24) is 4.90 Å². The molecule has 1 spiro atoms. The number of nitrogens with zero attached hydrogens (tertiary/aromatic N) is 1. The minimum Gasteiger partial charge on any atom is -0.472 e. The molecule has 1 saturated heterocycles. The van der Waals surface area contributed by atoms with Gasteiger partial charge >= 0.3 is 6.09 Å². The van der Waals surface area contributed by atoms with Gasteiger partial charge in [0, 0.05) is 6.42 Å². The molecule has 3 N–H and O–H groups in total. The molecule has 8 nitrogen and oxygen atoms in total. The van der Waals surface area contributed by atoms with Crippen LogP contribution >= 0.6 is 15.9 Å². The molecule has 0 bridgehead atoms. The predicted molar refractivity (Wildman–Crippen MR) is 96.7 cm³/mol. The van der Waals surface area contributed by atoms with Crippen molar-refractivity contribution in [3.05, 3.63) is 22.7 Å². The Morgan fingerprint density at radius 2 is 2.12 bits per heavy atom. The van der Waals surface area contributed by atoms with Crippen LogP contribution in [0.4, 0.5) is 10.5 Å². The Balaban J connectivity index is 1.94. The SMILES string of the molecule is CC(C)(C)OC(=O)N1C[C@@]2(C[C@H]1C(N)=O)Oc1c(Br)cccc1NC2=O. The number of halogens is 1. The lowest BCUT2D eigenvalue weighted by Crippen LogP contribution is -2.53. The summed E-state index contributed by atoms with van der Waals surface area (Å²) in [6, 6.07) is 4.24. The van der Waals surface area contributed by atoms with Crippen LogP contribution in [0.5, 0.6) is 5.75 Å². The van der Waals surface area contributed by atoms with Gasteiger partial charge in [-0.1, -0.05) is 6.07 Å². The fraction of sp³-hybridized carbons (Fsp3) is 0.471. The summed E-state index contributed by atoms with van der Waals surface area (Å²) in [4.78, 5) is 38.3. The standard InChI is InChI=1S/C17H20BrN3O5/c1-16(2,3)26-15(24)21-8-17(7-11(21)13(19)22)14(23)20-10-6-4-5-9(18)12(10)25-17/h4-6,11H,7-8H2,1-3H3,(H2,19,22)(H,20,23)/t11-,17+/m0/s1. The molecule has 0 saturated carbocycles. The third kappa shape index (κ3) is 3.23. The van der Waals surface area contributed by atoms with Crippen LogP contribution in [0.25, 0.3) is 0 Å². The van der Waals surface area contributed by atoms with E-state index in [2.05, 4.69) is 21.2 Å². The Bertz CT molecular complexity index is 791. The van der Waals surface area contributed by atoms with Gasteiger partial charge in [-0.05, 0) is 48.8 Å². The average Bonchev–Trinajstić information content (AvgIpc) is 2.89. The summed E-state index contributed by atoms with van der Waals surface area (Å²) in [5.74, 6) is -0.705. The molecule has 26 heavy (non-hydrogen) atoms. The normalized spacial score (nSPS) is 24.7. The number of ether oxygens (including phenoxy) is 2. The van der Waals surface area contributed by atoms with Crippen LogP contribution < -0.4 is 15.8 Å². The van der Waals surface area contributed by atoms with Crippen LogP contribution in [0.1, 0.15) is 27.2 Å². The fourth-order valence-corrected chi connectivity index (χ4v) is 3.51. The highest BCUT2D eigenvalue weighted by Crippen LogP contribution is 2.44. The summed E-state index contributed by atoms with van der Waals surface area (Å²) in [6.45, 7) is 5.01. The summed E-state index contributed by atoms with van der Waals surface area (Å²) < 4.78 is 12.0. The number of para-hydroxylation sites is 1. The number of hydrogen-bond donors (Lipinski definition) is 2. The van der Waals surface area contributed by atoms with E-state index in [0.29, 0.717) is 15.9 Å². The van der Waals surface area contributed by atoms with Crippen LogP contribution in [-0.4, -0.2) is 46.6 Å². The molecule has 140 valence electrons. The third-order valence-electron chi connectivity index (χ3n) is 4.21. The van der Waals surface area contributed by atoms with Gasteiger partial charge in [-0.3, -0.25) is 14.5 Å². The summed E-state index contributed by atoms with van der Waals surface area (Å²) in [5, 5.41) is 2.78. The highest BCUT2D eigenvalue weighted by atomic mass is 79.9. The first-order valence-corrected chi connectivity index (χ1v) is 8.90. The zero-order valence-corrected chi connectivity index (χ0v) is 16.3. The second-order valence-corrected chi connectivity index (χ2v) is 8.25. The fourth-order valence-electron chi connectivity index (χ4n) is 3.07. The van der Waals surface area contributed by atoms with Crippen molar-refractivity contribution in [2.75, 3.05) is 11.9 Å². The first-order valence-electron chi connectivity index (χ1n) is 8.10. The lowest BCUT2D eigenvalue weighted by atomic mass is 9.96. The van der Waals surface area contributed by atoms with Gasteiger partial charge in [-0.15, -0.1) is 0 Å². The smallest absolute Gasteiger partial charge is 0.411 e. The second-order valence-electron chi connectivity index (χ2n) is 7.40. The monoisotopic (exact) mass is 425 g/mol. The quantitative estimate of drug-likeness (QED) is 0.714. The largest absolute Gasteiger partial charge is 0.472 e. The maximum Gasteiger partial charge on any atom is 0.411 e. The minimum absolute atomic E-state index is 0.0474. The average molecular weight is 426 g/mol. The van der Waals surface area contributed by atoms with Crippen LogP contribution in [0.15, 0.2) is 22.7 Å². The maximum atomic E-state index is 12.7. The van der Waals surface area contributed by atoms with E-state index < -0.39 is 35.2 Å². The van der Waals surface area contributed by atoms with E-state index in [1.54, 1.807) is 39.0 Å². The van der Waals surface area contributed by atoms with Gasteiger partial charge in [0.15, 0.2) is 5.75 Å². The van der Waals surface area contributed by atoms with Crippen molar-refractivity contribution >= 4 is 39.5 Å². The Kier molecular flexibility index (Phi) is 4.38. The van der Waals surface area contributed by atoms with Crippen molar-refractivity contribution in [1.29, 1.82) is 0 Å². The Morgan fingerprint density at radius 1 is 1.42 bits per heavy atom. The molecular weight excluding hydrogens is 406 g/mol. The van der Waals surface area contributed by atoms with Crippen molar-refractivity contribution in [3.63, 3.8) is 0 Å². The molecule has 3 amide bonds. The number of carbonyl (C=O) groups is 3. The van der Waals surface area contributed by atoms with E-state index in [4.69, 9.17) is 15.2 Å². The minimum atomic E-state index is -1.41. The lowest BCUT2D eigenvalue weighted by molar-refractivity contribution is -0.131. The molecular formula is C17H20BrN3O5. The summed E-state index contributed by atoms with van der Waals surface area (Å²) in [7, 11) is 0. The number of hydrogen-bond acceptors (Lipinski definition) is 5. The number of carbonyl (C=O) groups excluding carboxylic acids is 3. The van der Waals surface area contributed by atoms with E-state index in [-0.39, 0.29) is 13.0 Å². The molecule has 1 fully saturated rings. The van der Waals surface area contributed by atoms with Crippen LogP contribution in [0.3, 0.4) is 0 Å². The van der Waals surface area contributed by atoms with Gasteiger partial charge in [0.1, 0.15) is 11.6 Å². The molecule has 0 aromatic heterocycles. The van der Waals surface area contributed by atoms with E-state index in [1.807, 2.05) is 0 Å². The van der Waals surface area contributed by atoms with E-state index in [1.165, 1.54) is 0 Å². The number of likely N-dealkylation sites (tertiary alicyclic amines) is 1. The molecule has 3 rings (SSSR count). The van der Waals surface area contributed by atoms with Crippen LogP contribution in [-0.2, 0) is 14.3 Å². The molecule has 1 aromatic rings. The number of benzene rings is 1. The molecule has 0 aliphatic carbocycles. The maximum absolute atomic E-state index is 12.7. The van der Waals surface area contributed by atoms with E-state index in [0.717, 1.165) is 4.90 Å². The van der Waals surface area contributed by atoms with E-state index in [9.17, 15) is 14.4 Å². The zero-order valence-electron chi connectivity index (χ0n) is 14.7. The Labute approximate surface area is 159 Å². The molecule has 0 unspecified atom stereocenters. The molecule has 2 aliphatic rings. The molecule has 2 aliphatic heterocycles. The lowest BCUT2D eigenvalue weighted by Gasteiger charge is -2.34. The number of nitrogens with two attached hydrogens (primary N) is 1. The number of amides is 3. The topological polar surface area (TPSA) is 111 Å². The van der Waals surface area contributed by atoms with Crippen molar-refractivity contribution in [2.24, 2.45) is 5.73 Å². The van der Waals surface area contributed by atoms with Gasteiger partial charge in [-0.25, -0.2) is 4.79 Å². The third-order valence-corrected chi connectivity index (χ3v) is 4.83. The summed E-state index contributed by atoms with van der Waals surface area (Å²) in [6.07, 6.45) is -0.763. The van der Waals surface area contributed by atoms with Gasteiger partial charge in [0.2, 0.25) is 11.5 Å². The Morgan fingerprint density at radius 3 is 2.73 bits per heavy atom. The number of primary amides is 1. The highest BCUT2D eigenvalue weighted by Gasteiger charge is 2.57. The first-order chi connectivity index (χ1) is 12.0. The highest BCUT2D eigenvalue weighted by molar-refractivity contribution is 9.10. The van der Waals surface area contributed by atoms with Gasteiger partial charge < -0.3 is 20.5 Å². The molecule has 2 atom stereocenters. The number of fused-ring (bicyclic) bond motifs is 1. The molecule has 9 heteroatoms. The van der Waals surface area contributed by atoms with Gasteiger partial charge in [-0.2, -0.15) is 0 Å². The van der Waals surface area contributed by atoms with Crippen molar-refractivity contribution in [2.45, 2.75) is 44.4 Å². The zero-order chi connectivity index (χ0) is 19.3. The Hall–Kier alpha value is -2.29. The van der Waals surface area contributed by atoms with Gasteiger partial charge in [0.05, 0.1) is 16.7 Å². The van der Waals surface area contributed by atoms with Crippen molar-refractivity contribution < 1.29 is 23.9 Å². The molecule has 2 heterocycles. The predicted octanol–water partition coefficient (Wildman–Crippen LogP) is 2.01. The summed E-state index contributed by atoms with van der Waals surface area (Å²) in [5.41, 5.74) is 3.82. The van der Waals surface area contributed by atoms with Crippen molar-refractivity contribution in [3.8, 4) is 5.75 Å².